The monoisotopic (exact) mass is 434 g/mol. The summed E-state index contributed by atoms with van der Waals surface area (Å²) in [7, 11) is -0.137. The molecule has 0 spiro atoms. The van der Waals surface area contributed by atoms with Crippen molar-refractivity contribution >= 4 is 20.0 Å². The zero-order chi connectivity index (χ0) is 20.9. The highest BCUT2D eigenvalue weighted by Gasteiger charge is 1.95. The zero-order valence-electron chi connectivity index (χ0n) is 17.5. The highest BCUT2D eigenvalue weighted by atomic mass is 35.7. The van der Waals surface area contributed by atoms with Crippen LogP contribution in [0.1, 0.15) is 96.8 Å². The Morgan fingerprint density at radius 3 is 1.50 bits per heavy atom. The van der Waals surface area contributed by atoms with E-state index in [0.29, 0.717) is 0 Å². The number of ether oxygens (including phenoxy) is 1. The van der Waals surface area contributed by atoms with Gasteiger partial charge in [0.05, 0.1) is 6.61 Å². The van der Waals surface area contributed by atoms with Gasteiger partial charge in [-0.05, 0) is 18.6 Å². The lowest BCUT2D eigenvalue weighted by atomic mass is 10.0. The van der Waals surface area contributed by atoms with Gasteiger partial charge in [-0.15, -0.1) is 0 Å². The second-order valence-electron chi connectivity index (χ2n) is 7.17. The van der Waals surface area contributed by atoms with E-state index in [1.807, 2.05) is 30.3 Å². The molecule has 0 atom stereocenters. The minimum atomic E-state index is -4.19. The van der Waals surface area contributed by atoms with Crippen LogP contribution in [-0.2, 0) is 9.33 Å². The van der Waals surface area contributed by atoms with Crippen molar-refractivity contribution in [2.24, 2.45) is 0 Å². The standard InChI is InChI=1S/C22H38O.ClHO3S/c1-2-3-4-5-6-7-8-9-10-11-12-13-14-18-21-23-22-19-16-15-17-20-22;1-5(2,3)4/h15-17,19-20H,2-14,18,21H2,1H3;(H,2,3,4). The van der Waals surface area contributed by atoms with E-state index in [0.717, 1.165) is 12.4 Å². The smallest absolute Gasteiger partial charge is 0.353 e. The van der Waals surface area contributed by atoms with Crippen LogP contribution < -0.4 is 4.74 Å². The fraction of sp³-hybridized carbons (Fsp3) is 0.727. The van der Waals surface area contributed by atoms with Gasteiger partial charge in [0.25, 0.3) is 0 Å². The van der Waals surface area contributed by atoms with Gasteiger partial charge in [-0.2, -0.15) is 8.42 Å². The highest BCUT2D eigenvalue weighted by Crippen LogP contribution is 2.13. The molecule has 0 aliphatic heterocycles. The topological polar surface area (TPSA) is 63.6 Å². The molecule has 0 amide bonds. The normalized spacial score (nSPS) is 11.0. The minimum absolute atomic E-state index is 0.863. The Morgan fingerprint density at radius 2 is 1.11 bits per heavy atom. The van der Waals surface area contributed by atoms with Crippen LogP contribution in [0.5, 0.6) is 5.75 Å². The van der Waals surface area contributed by atoms with Gasteiger partial charge in [-0.3, -0.25) is 4.55 Å². The highest BCUT2D eigenvalue weighted by molar-refractivity contribution is 8.09. The summed E-state index contributed by atoms with van der Waals surface area (Å²) < 4.78 is 30.9. The van der Waals surface area contributed by atoms with Crippen LogP contribution in [0, 0.1) is 0 Å². The summed E-state index contributed by atoms with van der Waals surface area (Å²) in [6, 6.07) is 10.1. The first-order valence-electron chi connectivity index (χ1n) is 10.8. The van der Waals surface area contributed by atoms with Crippen molar-refractivity contribution in [2.45, 2.75) is 96.8 Å². The molecule has 6 heteroatoms. The summed E-state index contributed by atoms with van der Waals surface area (Å²) in [4.78, 5) is 0. The first kappa shape index (κ1) is 27.2. The molecule has 0 bridgehead atoms. The summed E-state index contributed by atoms with van der Waals surface area (Å²) in [5, 5.41) is 0. The number of rotatable bonds is 16. The summed E-state index contributed by atoms with van der Waals surface area (Å²) >= 11 is 0. The van der Waals surface area contributed by atoms with Crippen molar-refractivity contribution in [3.05, 3.63) is 30.3 Å². The molecule has 4 nitrogen and oxygen atoms in total. The third-order valence-corrected chi connectivity index (χ3v) is 4.51. The molecular formula is C22H39ClO4S. The molecule has 0 radical (unpaired) electrons. The molecule has 0 heterocycles. The maximum atomic E-state index is 8.95. The number of hydrogen-bond donors (Lipinski definition) is 1. The number of hydrogen-bond acceptors (Lipinski definition) is 3. The van der Waals surface area contributed by atoms with Crippen LogP contribution in [0.15, 0.2) is 30.3 Å². The van der Waals surface area contributed by atoms with Gasteiger partial charge in [-0.1, -0.05) is 109 Å². The van der Waals surface area contributed by atoms with Crippen molar-refractivity contribution in [2.75, 3.05) is 6.61 Å². The van der Waals surface area contributed by atoms with Crippen LogP contribution >= 0.6 is 10.7 Å². The Balaban J connectivity index is 0.00000129. The Hall–Kier alpha value is -0.780. The number of halogens is 1. The predicted octanol–water partition coefficient (Wildman–Crippen LogP) is 7.57. The van der Waals surface area contributed by atoms with Gasteiger partial charge in [0, 0.05) is 10.7 Å². The second kappa shape index (κ2) is 19.5. The zero-order valence-corrected chi connectivity index (χ0v) is 19.0. The molecule has 0 fully saturated rings. The quantitative estimate of drug-likeness (QED) is 0.165. The van der Waals surface area contributed by atoms with Crippen LogP contribution in [0.3, 0.4) is 0 Å². The maximum Gasteiger partial charge on any atom is 0.353 e. The van der Waals surface area contributed by atoms with Crippen LogP contribution in [-0.4, -0.2) is 19.6 Å². The molecule has 0 aromatic heterocycles. The Morgan fingerprint density at radius 1 is 0.750 bits per heavy atom. The largest absolute Gasteiger partial charge is 0.494 e. The van der Waals surface area contributed by atoms with Gasteiger partial charge in [0.1, 0.15) is 5.75 Å². The molecule has 0 unspecified atom stereocenters. The Labute approximate surface area is 177 Å². The molecule has 164 valence electrons. The summed E-state index contributed by atoms with van der Waals surface area (Å²) in [6.07, 6.45) is 19.7. The second-order valence-corrected chi connectivity index (χ2v) is 9.16. The number of unbranched alkanes of at least 4 members (excludes halogenated alkanes) is 13. The molecule has 0 saturated heterocycles. The lowest BCUT2D eigenvalue weighted by Gasteiger charge is -2.06. The molecule has 0 saturated carbocycles. The van der Waals surface area contributed by atoms with Crippen LogP contribution in [0.2, 0.25) is 0 Å². The third-order valence-electron chi connectivity index (χ3n) is 4.51. The fourth-order valence-electron chi connectivity index (χ4n) is 3.00. The Kier molecular flexibility index (Phi) is 19.0. The molecule has 0 aliphatic carbocycles. The van der Waals surface area contributed by atoms with Crippen molar-refractivity contribution in [3.8, 4) is 5.75 Å². The van der Waals surface area contributed by atoms with Gasteiger partial charge in [0.15, 0.2) is 0 Å². The molecular weight excluding hydrogens is 396 g/mol. The minimum Gasteiger partial charge on any atom is -0.494 e. The average molecular weight is 435 g/mol. The Bertz CT molecular complexity index is 527. The molecule has 1 aromatic carbocycles. The van der Waals surface area contributed by atoms with E-state index in [2.05, 4.69) is 17.6 Å². The predicted molar refractivity (Wildman–Crippen MR) is 120 cm³/mol. The van der Waals surface area contributed by atoms with Gasteiger partial charge < -0.3 is 4.74 Å². The number of para-hydroxylation sites is 1. The average Bonchev–Trinajstić information content (AvgIpc) is 2.64. The summed E-state index contributed by atoms with van der Waals surface area (Å²) in [6.45, 7) is 3.15. The van der Waals surface area contributed by atoms with E-state index < -0.39 is 9.33 Å². The lowest BCUT2D eigenvalue weighted by Crippen LogP contribution is -1.96. The van der Waals surface area contributed by atoms with Gasteiger partial charge in [0.2, 0.25) is 0 Å². The van der Waals surface area contributed by atoms with Crippen molar-refractivity contribution in [1.29, 1.82) is 0 Å². The number of benzene rings is 1. The van der Waals surface area contributed by atoms with E-state index >= 15 is 0 Å². The first-order valence-corrected chi connectivity index (χ1v) is 13.0. The maximum absolute atomic E-state index is 8.95. The molecule has 1 aromatic rings. The molecule has 1 rings (SSSR count). The van der Waals surface area contributed by atoms with E-state index in [1.54, 1.807) is 0 Å². The van der Waals surface area contributed by atoms with Gasteiger partial charge in [-0.25, -0.2) is 0 Å². The molecule has 0 aliphatic rings. The van der Waals surface area contributed by atoms with Gasteiger partial charge >= 0.3 is 9.33 Å². The summed E-state index contributed by atoms with van der Waals surface area (Å²) in [5.41, 5.74) is 0. The first-order chi connectivity index (χ1) is 13.4. The SMILES string of the molecule is CCCCCCCCCCCCCCCCOc1ccccc1.O=S(=O)(O)Cl. The molecule has 28 heavy (non-hydrogen) atoms. The van der Waals surface area contributed by atoms with Crippen molar-refractivity contribution in [3.63, 3.8) is 0 Å². The van der Waals surface area contributed by atoms with E-state index in [9.17, 15) is 0 Å². The van der Waals surface area contributed by atoms with E-state index in [1.165, 1.54) is 89.9 Å². The molecule has 1 N–H and O–H groups in total. The van der Waals surface area contributed by atoms with E-state index in [4.69, 9.17) is 17.7 Å². The lowest BCUT2D eigenvalue weighted by molar-refractivity contribution is 0.304. The third kappa shape index (κ3) is 25.2. The van der Waals surface area contributed by atoms with Crippen molar-refractivity contribution < 1.29 is 17.7 Å². The van der Waals surface area contributed by atoms with Crippen molar-refractivity contribution in [1.82, 2.24) is 0 Å². The van der Waals surface area contributed by atoms with E-state index in [-0.39, 0.29) is 0 Å². The van der Waals surface area contributed by atoms with Crippen LogP contribution in [0.25, 0.3) is 0 Å². The fourth-order valence-corrected chi connectivity index (χ4v) is 3.00. The van der Waals surface area contributed by atoms with Crippen LogP contribution in [0.4, 0.5) is 0 Å². The summed E-state index contributed by atoms with van der Waals surface area (Å²) in [5.74, 6) is 1.00.